The standard InChI is InChI=1S/C17H16ClN7/c1-11-9-25-16(21-11)3-2-15(23-25)22-13-4-5-24(10-13)17-14(18)6-12(7-19)8-20-17/h2-3,6,8-9,13H,4-5,10H2,1H3,(H,22,23). The number of hydrogen-bond acceptors (Lipinski definition) is 6. The molecule has 0 aromatic carbocycles. The van der Waals surface area contributed by atoms with Crippen LogP contribution in [0.4, 0.5) is 11.6 Å². The molecular weight excluding hydrogens is 338 g/mol. The molecular formula is C17H16ClN7. The van der Waals surface area contributed by atoms with Gasteiger partial charge in [0.05, 0.1) is 22.5 Å². The van der Waals surface area contributed by atoms with Crippen LogP contribution in [0.25, 0.3) is 5.65 Å². The number of anilines is 2. The lowest BCUT2D eigenvalue weighted by Crippen LogP contribution is -2.27. The number of rotatable bonds is 3. The first-order valence-corrected chi connectivity index (χ1v) is 8.40. The zero-order valence-electron chi connectivity index (χ0n) is 13.6. The van der Waals surface area contributed by atoms with Crippen LogP contribution >= 0.6 is 11.6 Å². The molecule has 3 aromatic rings. The quantitative estimate of drug-likeness (QED) is 0.779. The van der Waals surface area contributed by atoms with Gasteiger partial charge in [-0.15, -0.1) is 5.10 Å². The van der Waals surface area contributed by atoms with Gasteiger partial charge in [-0.05, 0) is 31.5 Å². The summed E-state index contributed by atoms with van der Waals surface area (Å²) in [4.78, 5) is 10.8. The van der Waals surface area contributed by atoms with Gasteiger partial charge in [0.15, 0.2) is 5.65 Å². The van der Waals surface area contributed by atoms with Gasteiger partial charge in [-0.1, -0.05) is 11.6 Å². The second-order valence-electron chi connectivity index (χ2n) is 6.12. The first-order chi connectivity index (χ1) is 12.1. The van der Waals surface area contributed by atoms with Crippen LogP contribution in [0.1, 0.15) is 17.7 Å². The van der Waals surface area contributed by atoms with E-state index in [1.54, 1.807) is 16.8 Å². The van der Waals surface area contributed by atoms with Gasteiger partial charge >= 0.3 is 0 Å². The highest BCUT2D eigenvalue weighted by Gasteiger charge is 2.25. The monoisotopic (exact) mass is 353 g/mol. The van der Waals surface area contributed by atoms with Crippen molar-refractivity contribution in [2.45, 2.75) is 19.4 Å². The number of halogens is 1. The fourth-order valence-electron chi connectivity index (χ4n) is 3.08. The number of nitrogens with zero attached hydrogens (tertiary/aromatic N) is 6. The predicted octanol–water partition coefficient (Wildman–Crippen LogP) is 2.65. The van der Waals surface area contributed by atoms with Crippen LogP contribution in [0.5, 0.6) is 0 Å². The van der Waals surface area contributed by atoms with E-state index in [9.17, 15) is 0 Å². The molecule has 1 aliphatic rings. The molecule has 1 fully saturated rings. The maximum Gasteiger partial charge on any atom is 0.153 e. The predicted molar refractivity (Wildman–Crippen MR) is 95.9 cm³/mol. The van der Waals surface area contributed by atoms with Gasteiger partial charge in [0.25, 0.3) is 0 Å². The molecule has 0 bridgehead atoms. The number of aryl methyl sites for hydroxylation is 1. The lowest BCUT2D eigenvalue weighted by atomic mass is 10.2. The zero-order chi connectivity index (χ0) is 17.4. The van der Waals surface area contributed by atoms with Crippen LogP contribution in [-0.4, -0.2) is 38.7 Å². The fraction of sp³-hybridized carbons (Fsp3) is 0.294. The van der Waals surface area contributed by atoms with Gasteiger partial charge < -0.3 is 10.2 Å². The fourth-order valence-corrected chi connectivity index (χ4v) is 3.37. The van der Waals surface area contributed by atoms with Gasteiger partial charge in [0, 0.05) is 25.3 Å². The summed E-state index contributed by atoms with van der Waals surface area (Å²) < 4.78 is 1.78. The average Bonchev–Trinajstić information content (AvgIpc) is 3.20. The summed E-state index contributed by atoms with van der Waals surface area (Å²) in [5.74, 6) is 1.54. The third-order valence-corrected chi connectivity index (χ3v) is 4.51. The maximum absolute atomic E-state index is 8.92. The van der Waals surface area contributed by atoms with Crippen molar-refractivity contribution in [3.05, 3.63) is 46.9 Å². The summed E-state index contributed by atoms with van der Waals surface area (Å²) >= 11 is 6.27. The van der Waals surface area contributed by atoms with Crippen LogP contribution in [0.3, 0.4) is 0 Å². The minimum Gasteiger partial charge on any atom is -0.364 e. The van der Waals surface area contributed by atoms with E-state index in [1.807, 2.05) is 31.3 Å². The molecule has 4 rings (SSSR count). The Hall–Kier alpha value is -2.85. The first-order valence-electron chi connectivity index (χ1n) is 8.02. The smallest absolute Gasteiger partial charge is 0.153 e. The molecule has 7 nitrogen and oxygen atoms in total. The molecule has 25 heavy (non-hydrogen) atoms. The molecule has 0 aliphatic carbocycles. The largest absolute Gasteiger partial charge is 0.364 e. The molecule has 0 radical (unpaired) electrons. The Morgan fingerprint density at radius 2 is 2.28 bits per heavy atom. The van der Waals surface area contributed by atoms with Crippen molar-refractivity contribution >= 4 is 28.9 Å². The van der Waals surface area contributed by atoms with Crippen molar-refractivity contribution in [2.75, 3.05) is 23.3 Å². The summed E-state index contributed by atoms with van der Waals surface area (Å²) in [6.07, 6.45) is 4.42. The second kappa shape index (κ2) is 6.22. The number of hydrogen-bond donors (Lipinski definition) is 1. The van der Waals surface area contributed by atoms with Gasteiger partial charge in [-0.25, -0.2) is 14.5 Å². The molecule has 3 aromatic heterocycles. The van der Waals surface area contributed by atoms with Gasteiger partial charge in [0.1, 0.15) is 17.7 Å². The molecule has 0 spiro atoms. The van der Waals surface area contributed by atoms with Crippen LogP contribution in [-0.2, 0) is 0 Å². The lowest BCUT2D eigenvalue weighted by molar-refractivity contribution is 0.788. The van der Waals surface area contributed by atoms with E-state index in [0.717, 1.165) is 42.5 Å². The molecule has 1 N–H and O–H groups in total. The van der Waals surface area contributed by atoms with Crippen LogP contribution in [0.2, 0.25) is 5.02 Å². The third-order valence-electron chi connectivity index (χ3n) is 4.23. The topological polar surface area (TPSA) is 82.1 Å². The Morgan fingerprint density at radius 1 is 1.40 bits per heavy atom. The SMILES string of the molecule is Cc1cn2nc(NC3CCN(c4ncc(C#N)cc4Cl)C3)ccc2n1. The van der Waals surface area contributed by atoms with Crippen LogP contribution < -0.4 is 10.2 Å². The minimum absolute atomic E-state index is 0.253. The van der Waals surface area contributed by atoms with E-state index >= 15 is 0 Å². The number of imidazole rings is 1. The van der Waals surface area contributed by atoms with E-state index in [4.69, 9.17) is 16.9 Å². The van der Waals surface area contributed by atoms with Crippen molar-refractivity contribution in [2.24, 2.45) is 0 Å². The highest BCUT2D eigenvalue weighted by molar-refractivity contribution is 6.33. The zero-order valence-corrected chi connectivity index (χ0v) is 14.4. The van der Waals surface area contributed by atoms with Crippen molar-refractivity contribution in [1.82, 2.24) is 19.6 Å². The average molecular weight is 354 g/mol. The summed E-state index contributed by atoms with van der Waals surface area (Å²) in [6.45, 7) is 3.58. The molecule has 1 saturated heterocycles. The van der Waals surface area contributed by atoms with E-state index in [2.05, 4.69) is 25.3 Å². The Kier molecular flexibility index (Phi) is 3.90. The van der Waals surface area contributed by atoms with Crippen LogP contribution in [0.15, 0.2) is 30.6 Å². The molecule has 0 saturated carbocycles. The van der Waals surface area contributed by atoms with Crippen LogP contribution in [0, 0.1) is 18.3 Å². The minimum atomic E-state index is 0.253. The van der Waals surface area contributed by atoms with E-state index in [0.29, 0.717) is 10.6 Å². The number of aromatic nitrogens is 4. The normalized spacial score (nSPS) is 17.0. The number of pyridine rings is 1. The maximum atomic E-state index is 8.92. The summed E-state index contributed by atoms with van der Waals surface area (Å²) in [5.41, 5.74) is 2.25. The Morgan fingerprint density at radius 3 is 3.08 bits per heavy atom. The van der Waals surface area contributed by atoms with Crippen molar-refractivity contribution in [1.29, 1.82) is 5.26 Å². The van der Waals surface area contributed by atoms with Gasteiger partial charge in [0.2, 0.25) is 0 Å². The molecule has 1 atom stereocenters. The first kappa shape index (κ1) is 15.7. The Bertz CT molecular complexity index is 975. The number of nitrogens with one attached hydrogen (secondary N) is 1. The molecule has 4 heterocycles. The van der Waals surface area contributed by atoms with E-state index in [1.165, 1.54) is 0 Å². The highest BCUT2D eigenvalue weighted by atomic mass is 35.5. The molecule has 1 aliphatic heterocycles. The third kappa shape index (κ3) is 3.08. The number of fused-ring (bicyclic) bond motifs is 1. The van der Waals surface area contributed by atoms with Crippen molar-refractivity contribution in [3.8, 4) is 6.07 Å². The summed E-state index contributed by atoms with van der Waals surface area (Å²) in [7, 11) is 0. The Balaban J connectivity index is 1.47. The molecule has 126 valence electrons. The van der Waals surface area contributed by atoms with E-state index in [-0.39, 0.29) is 6.04 Å². The second-order valence-corrected chi connectivity index (χ2v) is 6.53. The summed E-state index contributed by atoms with van der Waals surface area (Å²) in [6, 6.07) is 7.85. The highest BCUT2D eigenvalue weighted by Crippen LogP contribution is 2.27. The number of nitriles is 1. The van der Waals surface area contributed by atoms with Gasteiger partial charge in [-0.3, -0.25) is 0 Å². The lowest BCUT2D eigenvalue weighted by Gasteiger charge is -2.19. The Labute approximate surface area is 149 Å². The van der Waals surface area contributed by atoms with Gasteiger partial charge in [-0.2, -0.15) is 5.26 Å². The molecule has 8 heteroatoms. The summed E-state index contributed by atoms with van der Waals surface area (Å²) in [5, 5.41) is 17.4. The van der Waals surface area contributed by atoms with Crippen molar-refractivity contribution in [3.63, 3.8) is 0 Å². The van der Waals surface area contributed by atoms with E-state index < -0.39 is 0 Å². The molecule has 1 unspecified atom stereocenters. The molecule has 0 amide bonds. The van der Waals surface area contributed by atoms with Crippen molar-refractivity contribution < 1.29 is 0 Å².